The van der Waals surface area contributed by atoms with E-state index in [1.165, 1.54) is 17.0 Å². The maximum absolute atomic E-state index is 14.0. The van der Waals surface area contributed by atoms with E-state index in [1.807, 2.05) is 6.07 Å². The topological polar surface area (TPSA) is 112 Å². The van der Waals surface area contributed by atoms with Crippen LogP contribution in [-0.2, 0) is 6.18 Å². The Morgan fingerprint density at radius 1 is 1.00 bits per heavy atom. The van der Waals surface area contributed by atoms with Gasteiger partial charge in [0, 0.05) is 47.2 Å². The van der Waals surface area contributed by atoms with E-state index in [0.29, 0.717) is 22.6 Å². The molecule has 3 aromatic heterocycles. The quantitative estimate of drug-likeness (QED) is 0.285. The van der Waals surface area contributed by atoms with E-state index in [9.17, 15) is 18.0 Å². The number of halogens is 3. The maximum Gasteiger partial charge on any atom is 0.416 e. The van der Waals surface area contributed by atoms with Gasteiger partial charge in [-0.2, -0.15) is 13.2 Å². The molecule has 5 aromatic rings. The molecule has 8 nitrogen and oxygen atoms in total. The van der Waals surface area contributed by atoms with Gasteiger partial charge in [0.05, 0.1) is 29.0 Å². The zero-order valence-corrected chi connectivity index (χ0v) is 20.9. The predicted molar refractivity (Wildman–Crippen MR) is 141 cm³/mol. The number of nitrogens with one attached hydrogen (secondary N) is 1. The van der Waals surface area contributed by atoms with Gasteiger partial charge in [-0.3, -0.25) is 9.78 Å². The van der Waals surface area contributed by atoms with Crippen LogP contribution in [0.2, 0.25) is 0 Å². The fourth-order valence-electron chi connectivity index (χ4n) is 4.21. The summed E-state index contributed by atoms with van der Waals surface area (Å²) in [6, 6.07) is 12.0. The van der Waals surface area contributed by atoms with Crippen LogP contribution < -0.4 is 11.1 Å². The Bertz CT molecular complexity index is 1680. The van der Waals surface area contributed by atoms with Gasteiger partial charge in [0.2, 0.25) is 11.9 Å². The molecule has 39 heavy (non-hydrogen) atoms. The number of imidazole rings is 1. The summed E-state index contributed by atoms with van der Waals surface area (Å²) < 4.78 is 43.5. The van der Waals surface area contributed by atoms with Crippen molar-refractivity contribution in [2.75, 3.05) is 5.32 Å². The Labute approximate surface area is 221 Å². The predicted octanol–water partition coefficient (Wildman–Crippen LogP) is 5.87. The molecule has 0 unspecified atom stereocenters. The lowest BCUT2D eigenvalue weighted by atomic mass is 9.92. The van der Waals surface area contributed by atoms with Gasteiger partial charge in [0.1, 0.15) is 0 Å². The molecular formula is C28H22F3N7O. The highest BCUT2D eigenvalue weighted by molar-refractivity contribution is 6.04. The van der Waals surface area contributed by atoms with Crippen LogP contribution in [0.25, 0.3) is 28.1 Å². The molecule has 196 valence electrons. The highest BCUT2D eigenvalue weighted by Gasteiger charge is 2.32. The molecule has 5 rings (SSSR count). The van der Waals surface area contributed by atoms with Crippen molar-refractivity contribution < 1.29 is 18.0 Å². The number of carbonyl (C=O) groups excluding carboxylic acids is 1. The molecule has 0 bridgehead atoms. The van der Waals surface area contributed by atoms with Crippen LogP contribution in [0.3, 0.4) is 0 Å². The minimum absolute atomic E-state index is 0.0404. The monoisotopic (exact) mass is 529 g/mol. The summed E-state index contributed by atoms with van der Waals surface area (Å²) in [6.07, 6.45) is 3.24. The number of pyridine rings is 1. The zero-order valence-electron chi connectivity index (χ0n) is 20.9. The van der Waals surface area contributed by atoms with E-state index >= 15 is 0 Å². The van der Waals surface area contributed by atoms with Crippen molar-refractivity contribution in [1.29, 1.82) is 0 Å². The zero-order chi connectivity index (χ0) is 27.7. The third-order valence-electron chi connectivity index (χ3n) is 6.07. The van der Waals surface area contributed by atoms with Gasteiger partial charge in [-0.1, -0.05) is 6.07 Å². The average Bonchev–Trinajstić information content (AvgIpc) is 3.36. The number of carbonyl (C=O) groups is 1. The second-order valence-electron chi connectivity index (χ2n) is 8.87. The van der Waals surface area contributed by atoms with Crippen molar-refractivity contribution in [1.82, 2.24) is 24.5 Å². The van der Waals surface area contributed by atoms with Crippen molar-refractivity contribution in [3.05, 3.63) is 102 Å². The lowest BCUT2D eigenvalue weighted by molar-refractivity contribution is -0.137. The van der Waals surface area contributed by atoms with Gasteiger partial charge in [-0.25, -0.2) is 15.0 Å². The van der Waals surface area contributed by atoms with Crippen LogP contribution in [0.15, 0.2) is 79.6 Å². The van der Waals surface area contributed by atoms with Gasteiger partial charge < -0.3 is 15.6 Å². The molecule has 1 amide bonds. The largest absolute Gasteiger partial charge is 0.416 e. The third kappa shape index (κ3) is 5.33. The molecular weight excluding hydrogens is 507 g/mol. The number of hydrogen-bond donors (Lipinski definition) is 2. The van der Waals surface area contributed by atoms with Crippen LogP contribution in [0, 0.1) is 13.8 Å². The summed E-state index contributed by atoms with van der Waals surface area (Å²) in [5, 5.41) is 3.12. The number of aryl methyl sites for hydroxylation is 2. The van der Waals surface area contributed by atoms with Gasteiger partial charge in [-0.05, 0) is 67.4 Å². The Hall–Kier alpha value is -5.06. The van der Waals surface area contributed by atoms with Gasteiger partial charge in [0.15, 0.2) is 0 Å². The maximum atomic E-state index is 14.0. The van der Waals surface area contributed by atoms with Crippen LogP contribution >= 0.6 is 0 Å². The number of rotatable bonds is 6. The first kappa shape index (κ1) is 25.6. The molecule has 2 aromatic carbocycles. The molecule has 0 aliphatic carbocycles. The van der Waals surface area contributed by atoms with E-state index in [-0.39, 0.29) is 28.3 Å². The Balaban J connectivity index is 1.71. The SMILES string of the molecule is Cc1cn(-c2cc(-c3c(C(N)=O)ccc(C)c3Nc3nccc(-c4cccnc4)n3)cc(C(F)(F)F)c2)cn1. The first-order chi connectivity index (χ1) is 18.6. The van der Waals surface area contributed by atoms with Gasteiger partial charge >= 0.3 is 6.18 Å². The Morgan fingerprint density at radius 3 is 2.49 bits per heavy atom. The van der Waals surface area contributed by atoms with E-state index in [1.54, 1.807) is 62.9 Å². The summed E-state index contributed by atoms with van der Waals surface area (Å²) in [4.78, 5) is 29.6. The second kappa shape index (κ2) is 10.0. The molecule has 0 saturated carbocycles. The summed E-state index contributed by atoms with van der Waals surface area (Å²) >= 11 is 0. The Morgan fingerprint density at radius 2 is 1.82 bits per heavy atom. The first-order valence-corrected chi connectivity index (χ1v) is 11.8. The summed E-state index contributed by atoms with van der Waals surface area (Å²) in [7, 11) is 0. The molecule has 0 fully saturated rings. The molecule has 3 N–H and O–H groups in total. The van der Waals surface area contributed by atoms with Gasteiger partial charge in [-0.15, -0.1) is 0 Å². The fourth-order valence-corrected chi connectivity index (χ4v) is 4.21. The molecule has 11 heteroatoms. The van der Waals surface area contributed by atoms with Crippen LogP contribution in [0.5, 0.6) is 0 Å². The van der Waals surface area contributed by atoms with Crippen molar-refractivity contribution in [2.45, 2.75) is 20.0 Å². The average molecular weight is 530 g/mol. The normalized spacial score (nSPS) is 11.4. The van der Waals surface area contributed by atoms with Gasteiger partial charge in [0.25, 0.3) is 0 Å². The van der Waals surface area contributed by atoms with E-state index < -0.39 is 17.6 Å². The van der Waals surface area contributed by atoms with E-state index in [2.05, 4.69) is 25.3 Å². The third-order valence-corrected chi connectivity index (χ3v) is 6.07. The van der Waals surface area contributed by atoms with Crippen LogP contribution in [-0.4, -0.2) is 30.4 Å². The molecule has 0 aliphatic rings. The highest BCUT2D eigenvalue weighted by atomic mass is 19.4. The number of primary amides is 1. The number of nitrogens with two attached hydrogens (primary N) is 1. The number of anilines is 2. The molecule has 0 spiro atoms. The van der Waals surface area contributed by atoms with Crippen molar-refractivity contribution in [3.8, 4) is 28.1 Å². The number of alkyl halides is 3. The summed E-state index contributed by atoms with van der Waals surface area (Å²) in [5.41, 5.74) is 8.36. The van der Waals surface area contributed by atoms with E-state index in [4.69, 9.17) is 5.73 Å². The van der Waals surface area contributed by atoms with E-state index in [0.717, 1.165) is 17.7 Å². The number of benzene rings is 2. The second-order valence-corrected chi connectivity index (χ2v) is 8.87. The standard InChI is InChI=1S/C28H22F3N7O/c1-16-5-6-22(26(32)39)24(25(16)37-27-34-9-7-23(36-27)18-4-3-8-33-13-18)19-10-20(28(29,30)31)12-21(11-19)38-14-17(2)35-15-38/h3-15H,1-2H3,(H2,32,39)(H,34,36,37). The number of nitrogens with zero attached hydrogens (tertiary/aromatic N) is 5. The van der Waals surface area contributed by atoms with Crippen molar-refractivity contribution in [3.63, 3.8) is 0 Å². The minimum Gasteiger partial charge on any atom is -0.366 e. The number of aromatic nitrogens is 5. The molecule has 3 heterocycles. The lowest BCUT2D eigenvalue weighted by Gasteiger charge is -2.19. The van der Waals surface area contributed by atoms with Crippen LogP contribution in [0.1, 0.15) is 27.2 Å². The molecule has 0 atom stereocenters. The molecule has 0 saturated heterocycles. The summed E-state index contributed by atoms with van der Waals surface area (Å²) in [5.74, 6) is -0.615. The minimum atomic E-state index is -4.65. The smallest absolute Gasteiger partial charge is 0.366 e. The first-order valence-electron chi connectivity index (χ1n) is 11.8. The van der Waals surface area contributed by atoms with Crippen LogP contribution in [0.4, 0.5) is 24.8 Å². The fraction of sp³-hybridized carbons (Fsp3) is 0.107. The molecule has 0 aliphatic heterocycles. The van der Waals surface area contributed by atoms with Crippen molar-refractivity contribution in [2.24, 2.45) is 5.73 Å². The highest BCUT2D eigenvalue weighted by Crippen LogP contribution is 2.40. The Kier molecular flexibility index (Phi) is 6.57. The lowest BCUT2D eigenvalue weighted by Crippen LogP contribution is -2.15. The summed E-state index contributed by atoms with van der Waals surface area (Å²) in [6.45, 7) is 3.49. The van der Waals surface area contributed by atoms with Crippen molar-refractivity contribution >= 4 is 17.5 Å². The molecule has 0 radical (unpaired) electrons. The number of amides is 1. The number of hydrogen-bond acceptors (Lipinski definition) is 6.